The largest absolute Gasteiger partial charge is 0.454 e. The molecule has 6 nitrogen and oxygen atoms in total. The summed E-state index contributed by atoms with van der Waals surface area (Å²) in [5, 5.41) is 2.86. The Hall–Kier alpha value is -2.38. The number of hydrogen-bond donors (Lipinski definition) is 1. The average molecular weight is 408 g/mol. The SMILES string of the molecule is C[C@@H](OC(=O)[C@@H](C)Sc1ccc(Cl)cc1)C(=O)Nc1ccc2c(c1)OCO2. The molecule has 0 radical (unpaired) electrons. The van der Waals surface area contributed by atoms with Gasteiger partial charge in [-0.05, 0) is 50.2 Å². The van der Waals surface area contributed by atoms with Gasteiger partial charge < -0.3 is 19.5 Å². The Labute approximate surface area is 166 Å². The summed E-state index contributed by atoms with van der Waals surface area (Å²) in [4.78, 5) is 25.4. The third-order valence-corrected chi connectivity index (χ3v) is 5.10. The third-order valence-electron chi connectivity index (χ3n) is 3.76. The van der Waals surface area contributed by atoms with Crippen LogP contribution in [0.1, 0.15) is 13.8 Å². The second-order valence-electron chi connectivity index (χ2n) is 5.85. The van der Waals surface area contributed by atoms with Gasteiger partial charge in [-0.1, -0.05) is 11.6 Å². The van der Waals surface area contributed by atoms with Crippen molar-refractivity contribution in [2.75, 3.05) is 12.1 Å². The second-order valence-corrected chi connectivity index (χ2v) is 7.70. The fourth-order valence-corrected chi connectivity index (χ4v) is 3.29. The zero-order chi connectivity index (χ0) is 19.4. The van der Waals surface area contributed by atoms with Gasteiger partial charge in [0.1, 0.15) is 5.25 Å². The van der Waals surface area contributed by atoms with Crippen molar-refractivity contribution in [3.8, 4) is 11.5 Å². The molecule has 0 aliphatic carbocycles. The van der Waals surface area contributed by atoms with E-state index >= 15 is 0 Å². The first-order valence-corrected chi connectivity index (χ1v) is 9.51. The van der Waals surface area contributed by atoms with Gasteiger partial charge in [0.25, 0.3) is 5.91 Å². The maximum Gasteiger partial charge on any atom is 0.319 e. The van der Waals surface area contributed by atoms with Gasteiger partial charge in [0.05, 0.1) is 0 Å². The highest BCUT2D eigenvalue weighted by Gasteiger charge is 2.23. The van der Waals surface area contributed by atoms with E-state index in [1.807, 2.05) is 12.1 Å². The molecular weight excluding hydrogens is 390 g/mol. The lowest BCUT2D eigenvalue weighted by molar-refractivity contribution is -0.152. The summed E-state index contributed by atoms with van der Waals surface area (Å²) in [5.74, 6) is 0.292. The van der Waals surface area contributed by atoms with Crippen molar-refractivity contribution >= 4 is 40.9 Å². The summed E-state index contributed by atoms with van der Waals surface area (Å²) in [6.45, 7) is 3.41. The van der Waals surface area contributed by atoms with E-state index in [-0.39, 0.29) is 6.79 Å². The standard InChI is InChI=1S/C19H18ClNO5S/c1-11(18(22)21-14-5-8-16-17(9-14)25-10-24-16)26-19(23)12(2)27-15-6-3-13(20)4-7-15/h3-9,11-12H,10H2,1-2H3,(H,21,22)/t11-,12-/m1/s1. The van der Waals surface area contributed by atoms with Crippen LogP contribution in [0.2, 0.25) is 5.02 Å². The van der Waals surface area contributed by atoms with Crippen LogP contribution >= 0.6 is 23.4 Å². The van der Waals surface area contributed by atoms with Gasteiger partial charge in [0.2, 0.25) is 6.79 Å². The Kier molecular flexibility index (Phi) is 6.13. The molecule has 1 aliphatic rings. The minimum absolute atomic E-state index is 0.157. The molecule has 0 saturated carbocycles. The molecular formula is C19H18ClNO5S. The molecule has 0 unspecified atom stereocenters. The number of fused-ring (bicyclic) bond motifs is 1. The van der Waals surface area contributed by atoms with Crippen LogP contribution < -0.4 is 14.8 Å². The third kappa shape index (κ3) is 5.08. The van der Waals surface area contributed by atoms with Gasteiger partial charge in [-0.3, -0.25) is 9.59 Å². The van der Waals surface area contributed by atoms with Gasteiger partial charge in [-0.25, -0.2) is 0 Å². The van der Waals surface area contributed by atoms with Crippen LogP contribution in [-0.4, -0.2) is 30.0 Å². The van der Waals surface area contributed by atoms with E-state index in [0.717, 1.165) is 4.90 Å². The maximum absolute atomic E-state index is 12.3. The Morgan fingerprint density at radius 2 is 1.81 bits per heavy atom. The summed E-state index contributed by atoms with van der Waals surface area (Å²) in [5.41, 5.74) is 0.538. The number of anilines is 1. The first-order valence-electron chi connectivity index (χ1n) is 8.25. The number of ether oxygens (including phenoxy) is 3. The van der Waals surface area contributed by atoms with Gasteiger partial charge in [-0.2, -0.15) is 0 Å². The molecule has 2 aromatic rings. The predicted molar refractivity (Wildman–Crippen MR) is 104 cm³/mol. The Morgan fingerprint density at radius 1 is 1.11 bits per heavy atom. The molecule has 3 rings (SSSR count). The molecule has 2 aromatic carbocycles. The van der Waals surface area contributed by atoms with Crippen molar-refractivity contribution in [1.82, 2.24) is 0 Å². The molecule has 1 heterocycles. The van der Waals surface area contributed by atoms with Crippen LogP contribution in [0.15, 0.2) is 47.4 Å². The summed E-state index contributed by atoms with van der Waals surface area (Å²) < 4.78 is 15.8. The van der Waals surface area contributed by atoms with E-state index in [1.165, 1.54) is 18.7 Å². The van der Waals surface area contributed by atoms with E-state index in [1.54, 1.807) is 37.3 Å². The molecule has 0 fully saturated rings. The number of carbonyl (C=O) groups is 2. The zero-order valence-corrected chi connectivity index (χ0v) is 16.3. The molecule has 2 atom stereocenters. The van der Waals surface area contributed by atoms with Crippen LogP contribution in [0.3, 0.4) is 0 Å². The van der Waals surface area contributed by atoms with Crippen molar-refractivity contribution in [3.05, 3.63) is 47.5 Å². The smallest absolute Gasteiger partial charge is 0.319 e. The molecule has 0 aromatic heterocycles. The first kappa shape index (κ1) is 19.4. The summed E-state index contributed by atoms with van der Waals surface area (Å²) >= 11 is 7.19. The van der Waals surface area contributed by atoms with Crippen LogP contribution in [0.4, 0.5) is 5.69 Å². The summed E-state index contributed by atoms with van der Waals surface area (Å²) in [6.07, 6.45) is -0.934. The lowest BCUT2D eigenvalue weighted by Gasteiger charge is -2.16. The summed E-state index contributed by atoms with van der Waals surface area (Å²) in [7, 11) is 0. The highest BCUT2D eigenvalue weighted by molar-refractivity contribution is 8.00. The van der Waals surface area contributed by atoms with Gasteiger partial charge in [0.15, 0.2) is 17.6 Å². The van der Waals surface area contributed by atoms with Crippen molar-refractivity contribution in [1.29, 1.82) is 0 Å². The molecule has 1 aliphatic heterocycles. The Bertz CT molecular complexity index is 842. The summed E-state index contributed by atoms with van der Waals surface area (Å²) in [6, 6.07) is 12.2. The van der Waals surface area contributed by atoms with E-state index in [4.69, 9.17) is 25.8 Å². The zero-order valence-electron chi connectivity index (χ0n) is 14.7. The number of hydrogen-bond acceptors (Lipinski definition) is 6. The number of carbonyl (C=O) groups excluding carboxylic acids is 2. The van der Waals surface area contributed by atoms with Crippen LogP contribution in [-0.2, 0) is 14.3 Å². The van der Waals surface area contributed by atoms with Crippen LogP contribution in [0.25, 0.3) is 0 Å². The van der Waals surface area contributed by atoms with Crippen LogP contribution in [0.5, 0.6) is 11.5 Å². The highest BCUT2D eigenvalue weighted by atomic mass is 35.5. The average Bonchev–Trinajstić information content (AvgIpc) is 3.11. The molecule has 0 spiro atoms. The van der Waals surface area contributed by atoms with Crippen molar-refractivity contribution in [3.63, 3.8) is 0 Å². The van der Waals surface area contributed by atoms with E-state index in [2.05, 4.69) is 5.32 Å². The number of benzene rings is 2. The quantitative estimate of drug-likeness (QED) is 0.573. The van der Waals surface area contributed by atoms with E-state index < -0.39 is 23.2 Å². The number of esters is 1. The number of nitrogens with one attached hydrogen (secondary N) is 1. The fourth-order valence-electron chi connectivity index (χ4n) is 2.31. The number of amides is 1. The van der Waals surface area contributed by atoms with Gasteiger partial charge >= 0.3 is 5.97 Å². The number of halogens is 1. The predicted octanol–water partition coefficient (Wildman–Crippen LogP) is 4.12. The normalized spacial score (nSPS) is 14.3. The number of rotatable bonds is 6. The maximum atomic E-state index is 12.3. The first-order chi connectivity index (χ1) is 12.9. The Balaban J connectivity index is 1.52. The van der Waals surface area contributed by atoms with Gasteiger partial charge in [-0.15, -0.1) is 11.8 Å². The van der Waals surface area contributed by atoms with Crippen molar-refractivity contribution in [2.45, 2.75) is 30.1 Å². The lowest BCUT2D eigenvalue weighted by atomic mass is 10.2. The highest BCUT2D eigenvalue weighted by Crippen LogP contribution is 2.34. The van der Waals surface area contributed by atoms with Crippen LogP contribution in [0, 0.1) is 0 Å². The molecule has 142 valence electrons. The number of thioether (sulfide) groups is 1. The van der Waals surface area contributed by atoms with Crippen molar-refractivity contribution in [2.24, 2.45) is 0 Å². The Morgan fingerprint density at radius 3 is 2.56 bits per heavy atom. The van der Waals surface area contributed by atoms with E-state index in [0.29, 0.717) is 22.2 Å². The molecule has 0 bridgehead atoms. The molecule has 8 heteroatoms. The monoisotopic (exact) mass is 407 g/mol. The molecule has 0 saturated heterocycles. The molecule has 1 N–H and O–H groups in total. The minimum Gasteiger partial charge on any atom is -0.454 e. The van der Waals surface area contributed by atoms with Crippen molar-refractivity contribution < 1.29 is 23.8 Å². The second kappa shape index (κ2) is 8.54. The molecule has 27 heavy (non-hydrogen) atoms. The fraction of sp³-hybridized carbons (Fsp3) is 0.263. The lowest BCUT2D eigenvalue weighted by Crippen LogP contribution is -2.32. The minimum atomic E-state index is -0.934. The molecule has 1 amide bonds. The van der Waals surface area contributed by atoms with Gasteiger partial charge in [0, 0.05) is 21.7 Å². The topological polar surface area (TPSA) is 73.9 Å². The van der Waals surface area contributed by atoms with E-state index in [9.17, 15) is 9.59 Å².